The largest absolute Gasteiger partial charge is 1.00 e. The second kappa shape index (κ2) is 47.1. The van der Waals surface area contributed by atoms with Crippen molar-refractivity contribution in [1.82, 2.24) is 20.0 Å². The quantitative estimate of drug-likeness (QED) is 0.0269. The number of nitrogens with one attached hydrogen (secondary N) is 1. The Morgan fingerprint density at radius 3 is 1.37 bits per heavy atom. The number of hydrogen-bond acceptors (Lipinski definition) is 18. The van der Waals surface area contributed by atoms with Gasteiger partial charge in [0.2, 0.25) is 0 Å². The van der Waals surface area contributed by atoms with Gasteiger partial charge in [0.05, 0.1) is 29.7 Å². The zero-order valence-electron chi connectivity index (χ0n) is 40.1. The number of halogens is 3. The van der Waals surface area contributed by atoms with Gasteiger partial charge in [0.1, 0.15) is 5.82 Å². The number of benzene rings is 3. The summed E-state index contributed by atoms with van der Waals surface area (Å²) >= 11 is 0. The molecule has 3 aliphatic rings. The van der Waals surface area contributed by atoms with Crippen LogP contribution >= 0.6 is 24.8 Å². The summed E-state index contributed by atoms with van der Waals surface area (Å²) in [5.41, 5.74) is 8.80. The van der Waals surface area contributed by atoms with Crippen LogP contribution in [0.25, 0.3) is 0 Å². The van der Waals surface area contributed by atoms with E-state index in [9.17, 15) is 24.6 Å². The van der Waals surface area contributed by atoms with Gasteiger partial charge in [0, 0.05) is 120 Å². The molecule has 372 valence electrons. The van der Waals surface area contributed by atoms with Crippen molar-refractivity contribution >= 4 is 59.7 Å². The van der Waals surface area contributed by atoms with Crippen molar-refractivity contribution in [2.24, 2.45) is 0 Å². The van der Waals surface area contributed by atoms with Crippen LogP contribution in [0.1, 0.15) is 27.6 Å². The molecule has 7 N–H and O–H groups in total. The van der Waals surface area contributed by atoms with Crippen molar-refractivity contribution in [3.63, 3.8) is 0 Å². The molecule has 6 rings (SSSR count). The molecule has 0 amide bonds. The smallest absolute Gasteiger partial charge is 1.00 e. The number of carbonyl (C=O) groups is 1. The number of rotatable bonds is 11. The third kappa shape index (κ3) is 34.7. The van der Waals surface area contributed by atoms with E-state index in [4.69, 9.17) is 36.2 Å². The van der Waals surface area contributed by atoms with Gasteiger partial charge in [-0.15, -0.1) is 24.8 Å². The number of anilines is 3. The Hall–Kier alpha value is -1.25. The van der Waals surface area contributed by atoms with Crippen molar-refractivity contribution in [2.75, 3.05) is 140 Å². The number of β-amino-alcohol motifs (C(OH)–C–C–N with tert-alkyl or cyclic N) is 3. The van der Waals surface area contributed by atoms with Gasteiger partial charge in [-0.2, -0.15) is 0 Å². The van der Waals surface area contributed by atoms with E-state index in [1.807, 2.05) is 12.1 Å². The second-order valence-corrected chi connectivity index (χ2v) is 14.1. The first-order valence-corrected chi connectivity index (χ1v) is 21.0. The first-order valence-electron chi connectivity index (χ1n) is 21.0. The minimum absolute atomic E-state index is 0. The van der Waals surface area contributed by atoms with Crippen molar-refractivity contribution in [3.8, 4) is 0 Å². The first-order chi connectivity index (χ1) is 30.5. The molecule has 20 nitrogen and oxygen atoms in total. The van der Waals surface area contributed by atoms with Crippen LogP contribution in [0.4, 0.5) is 32.8 Å². The predicted molar refractivity (Wildman–Crippen MR) is 254 cm³/mol. The Morgan fingerprint density at radius 2 is 1.00 bits per heavy atom. The summed E-state index contributed by atoms with van der Waals surface area (Å²) in [6.45, 7) is 17.2. The maximum Gasteiger partial charge on any atom is 1.00 e. The van der Waals surface area contributed by atoms with Crippen molar-refractivity contribution in [3.05, 3.63) is 98.8 Å². The van der Waals surface area contributed by atoms with Crippen LogP contribution in [0.3, 0.4) is 0 Å². The van der Waals surface area contributed by atoms with E-state index in [-0.39, 0.29) is 172 Å². The van der Waals surface area contributed by atoms with Crippen LogP contribution in [0, 0.1) is 26.0 Å². The Bertz CT molecular complexity index is 1640. The summed E-state index contributed by atoms with van der Waals surface area (Å²) in [6, 6.07) is 19.1. The summed E-state index contributed by atoms with van der Waals surface area (Å²) < 4.78 is 12.1. The number of non-ortho nitro benzene ring substituents is 2. The topological polar surface area (TPSA) is 271 Å². The molecule has 25 heteroatoms. The molecule has 0 aliphatic carbocycles. The molecule has 0 unspecified atom stereocenters. The number of aliphatic hydroxyl groups excluding tert-OH is 4. The van der Waals surface area contributed by atoms with Crippen LogP contribution in [0.5, 0.6) is 0 Å². The van der Waals surface area contributed by atoms with E-state index < -0.39 is 10.7 Å². The van der Waals surface area contributed by atoms with E-state index in [1.165, 1.54) is 12.1 Å². The van der Waals surface area contributed by atoms with Crippen LogP contribution in [0.15, 0.2) is 72.8 Å². The first kappa shape index (κ1) is 72.3. The zero-order valence-corrected chi connectivity index (χ0v) is 47.0. The molecule has 3 saturated heterocycles. The molecule has 0 saturated carbocycles. The van der Waals surface area contributed by atoms with Crippen LogP contribution in [0.2, 0.25) is 0 Å². The number of nitrogens with zero attached hydrogens (tertiary/aromatic N) is 7. The number of carbonyl (C=O) groups excluding carboxylic acids is 1. The molecular formula is C42H70Cl2FK2N9O11. The molecule has 3 aromatic rings. The fraction of sp³-hybridized carbons (Fsp3) is 0.548. The maximum atomic E-state index is 12.1. The average molecular weight is 1050 g/mol. The van der Waals surface area contributed by atoms with Crippen LogP contribution in [-0.4, -0.2) is 176 Å². The normalized spacial score (nSPS) is 14.8. The summed E-state index contributed by atoms with van der Waals surface area (Å²) in [5, 5.41) is 66.5. The number of hydrogen-bond donors (Lipinski definition) is 6. The molecule has 3 fully saturated rings. The molecule has 3 aromatic carbocycles. The van der Waals surface area contributed by atoms with Gasteiger partial charge in [-0.3, -0.25) is 39.7 Å². The van der Waals surface area contributed by atoms with Crippen LogP contribution in [-0.2, 0) is 9.68 Å². The van der Waals surface area contributed by atoms with Crippen LogP contribution < -0.4 is 129 Å². The van der Waals surface area contributed by atoms with Gasteiger partial charge >= 0.3 is 103 Å². The van der Waals surface area contributed by atoms with Crippen molar-refractivity contribution in [1.29, 1.82) is 0 Å². The Balaban J connectivity index is -0.000000249. The molecule has 0 spiro atoms. The summed E-state index contributed by atoms with van der Waals surface area (Å²) in [7, 11) is 0. The van der Waals surface area contributed by atoms with Gasteiger partial charge in [-0.25, -0.2) is 4.39 Å². The van der Waals surface area contributed by atoms with Gasteiger partial charge in [0.25, 0.3) is 17.8 Å². The Morgan fingerprint density at radius 1 is 0.642 bits per heavy atom. The van der Waals surface area contributed by atoms with E-state index in [1.54, 1.807) is 31.2 Å². The molecule has 0 atom stereocenters. The Kier molecular flexibility index (Phi) is 50.8. The molecular weight excluding hydrogens is 975 g/mol. The predicted octanol–water partition coefficient (Wildman–Crippen LogP) is -3.72. The minimum atomic E-state index is -0.570. The fourth-order valence-corrected chi connectivity index (χ4v) is 6.49. The summed E-state index contributed by atoms with van der Waals surface area (Å²) in [5.74, 6) is -0.467. The zero-order chi connectivity index (χ0) is 46.7. The molecule has 0 bridgehead atoms. The maximum absolute atomic E-state index is 12.1. The molecule has 0 radical (unpaired) electrons. The van der Waals surface area contributed by atoms with Gasteiger partial charge in [-0.1, -0.05) is 0 Å². The molecule has 3 heterocycles. The average Bonchev–Trinajstić information content (AvgIpc) is 3.80. The van der Waals surface area contributed by atoms with E-state index >= 15 is 0 Å². The SMILES string of the molecule is CCO.Cl.Cl.Nc1ccc(N2CCCN(CCO)CC2)cc1.O=CO[O-].O=[N+]([O-])c1ccc(F)cc1.O=[N+]([O-])c1ccc(N2CCCN(CCO)CC2)cc1.OCCN1CCCNCC1.[H-].[K+].[K+]. The van der Waals surface area contributed by atoms with E-state index in [0.717, 1.165) is 140 Å². The van der Waals surface area contributed by atoms with Gasteiger partial charge in [-0.05, 0) is 101 Å². The standard InChI is InChI=1S/C13H19N3O3.C13H21N3O.C7H16N2O.C6H4FNO2.C2H6O.CH2O3.2ClH.2K.H/c17-11-10-14-6-1-7-15(9-8-14)12-2-4-13(5-3-12)16(18)19;14-12-2-4-13(5-3-12)16-7-1-6-15(8-9-16)10-11-17;10-7-6-9-4-1-2-8-3-5-9;7-5-1-3-6(4-2-5)8(9)10;1-2-3;2-1-4-3;;;;;/h2-5,17H,1,6-11H2;2-5,17H,1,6-11,14H2;8,10H,1-7H2;1-4H;3H,2H2,1H3;1,3H;2*1H;;;/q;;;;;;;;2*+1;-1/p-1. The monoisotopic (exact) mass is 1040 g/mol. The van der Waals surface area contributed by atoms with Gasteiger partial charge < -0.3 is 52.8 Å². The van der Waals surface area contributed by atoms with Crippen molar-refractivity contribution < 1.29 is 154 Å². The number of nitro groups is 2. The number of nitrogens with two attached hydrogens (primary N) is 1. The minimum Gasteiger partial charge on any atom is -1.00 e. The molecule has 3 aliphatic heterocycles. The number of nitro benzene ring substituents is 2. The fourth-order valence-electron chi connectivity index (χ4n) is 6.49. The summed E-state index contributed by atoms with van der Waals surface area (Å²) in [6.07, 6.45) is 3.39. The van der Waals surface area contributed by atoms with E-state index in [2.05, 4.69) is 46.8 Å². The van der Waals surface area contributed by atoms with Gasteiger partial charge in [0.15, 0.2) is 0 Å². The third-order valence-corrected chi connectivity index (χ3v) is 9.62. The molecule has 67 heavy (non-hydrogen) atoms. The number of aliphatic hydroxyl groups is 4. The van der Waals surface area contributed by atoms with Crippen molar-refractivity contribution in [2.45, 2.75) is 26.2 Å². The number of nitrogen functional groups attached to an aromatic ring is 1. The third-order valence-electron chi connectivity index (χ3n) is 9.62. The molecule has 0 aromatic heterocycles. The summed E-state index contributed by atoms with van der Waals surface area (Å²) in [4.78, 5) is 42.4. The second-order valence-electron chi connectivity index (χ2n) is 14.1. The Labute approximate surface area is 492 Å². The van der Waals surface area contributed by atoms with E-state index in [0.29, 0.717) is 13.2 Å².